The largest absolute Gasteiger partial charge is 0.481 e. The number of amides is 1. The SMILES string of the molecule is CCC(CC(C(=O)NC)C(CC)C(=O)O)c1ccccc1. The molecule has 0 spiro atoms. The number of hydrogen-bond acceptors (Lipinski definition) is 2. The number of nitrogens with one attached hydrogen (secondary N) is 1. The molecule has 0 aliphatic rings. The molecule has 1 rings (SSSR count). The summed E-state index contributed by atoms with van der Waals surface area (Å²) < 4.78 is 0. The Morgan fingerprint density at radius 3 is 2.14 bits per heavy atom. The zero-order valence-corrected chi connectivity index (χ0v) is 13.0. The lowest BCUT2D eigenvalue weighted by atomic mass is 9.79. The van der Waals surface area contributed by atoms with Gasteiger partial charge in [0.25, 0.3) is 0 Å². The maximum absolute atomic E-state index is 12.1. The van der Waals surface area contributed by atoms with Crippen LogP contribution in [0, 0.1) is 11.8 Å². The van der Waals surface area contributed by atoms with Crippen molar-refractivity contribution in [3.05, 3.63) is 35.9 Å². The molecule has 0 bridgehead atoms. The number of rotatable bonds is 8. The predicted octanol–water partition coefficient (Wildman–Crippen LogP) is 3.04. The molecule has 1 amide bonds. The molecule has 0 aliphatic carbocycles. The maximum atomic E-state index is 12.1. The summed E-state index contributed by atoms with van der Waals surface area (Å²) in [6.45, 7) is 3.89. The van der Waals surface area contributed by atoms with E-state index in [1.54, 1.807) is 7.05 Å². The molecule has 0 radical (unpaired) electrons. The van der Waals surface area contributed by atoms with Crippen molar-refractivity contribution in [1.82, 2.24) is 5.32 Å². The van der Waals surface area contributed by atoms with Gasteiger partial charge in [0.15, 0.2) is 0 Å². The highest BCUT2D eigenvalue weighted by Crippen LogP contribution is 2.32. The summed E-state index contributed by atoms with van der Waals surface area (Å²) in [5.74, 6) is -2.01. The molecular weight excluding hydrogens is 266 g/mol. The van der Waals surface area contributed by atoms with E-state index in [9.17, 15) is 14.7 Å². The van der Waals surface area contributed by atoms with Gasteiger partial charge in [0, 0.05) is 7.05 Å². The van der Waals surface area contributed by atoms with Crippen LogP contribution in [-0.4, -0.2) is 24.0 Å². The second-order valence-electron chi connectivity index (χ2n) is 5.33. The number of aliphatic carboxylic acids is 1. The fourth-order valence-electron chi connectivity index (χ4n) is 2.84. The van der Waals surface area contributed by atoms with Crippen molar-refractivity contribution in [3.63, 3.8) is 0 Å². The van der Waals surface area contributed by atoms with Crippen LogP contribution in [0.4, 0.5) is 0 Å². The number of hydrogen-bond donors (Lipinski definition) is 2. The van der Waals surface area contributed by atoms with Crippen LogP contribution in [0.2, 0.25) is 0 Å². The Hall–Kier alpha value is -1.84. The van der Waals surface area contributed by atoms with Crippen LogP contribution in [0.1, 0.15) is 44.6 Å². The zero-order chi connectivity index (χ0) is 15.8. The van der Waals surface area contributed by atoms with Gasteiger partial charge in [0.2, 0.25) is 5.91 Å². The van der Waals surface area contributed by atoms with Crippen molar-refractivity contribution in [2.45, 2.75) is 39.0 Å². The molecule has 0 fully saturated rings. The minimum atomic E-state index is -0.894. The number of carboxylic acid groups (broad SMARTS) is 1. The van der Waals surface area contributed by atoms with Gasteiger partial charge in [0.1, 0.15) is 0 Å². The first-order valence-electron chi connectivity index (χ1n) is 7.54. The molecule has 0 saturated carbocycles. The van der Waals surface area contributed by atoms with Gasteiger partial charge >= 0.3 is 5.97 Å². The molecule has 116 valence electrons. The summed E-state index contributed by atoms with van der Waals surface area (Å²) >= 11 is 0. The topological polar surface area (TPSA) is 66.4 Å². The standard InChI is InChI=1S/C17H25NO3/c1-4-12(13-9-7-6-8-10-13)11-15(16(19)18-3)14(5-2)17(20)21/h6-10,12,14-15H,4-5,11H2,1-3H3,(H,18,19)(H,20,21). The Bertz CT molecular complexity index is 458. The summed E-state index contributed by atoms with van der Waals surface area (Å²) in [6.07, 6.45) is 1.90. The van der Waals surface area contributed by atoms with Gasteiger partial charge in [-0.3, -0.25) is 9.59 Å². The van der Waals surface area contributed by atoms with E-state index in [0.717, 1.165) is 12.0 Å². The van der Waals surface area contributed by atoms with E-state index in [4.69, 9.17) is 0 Å². The summed E-state index contributed by atoms with van der Waals surface area (Å²) in [4.78, 5) is 23.5. The molecule has 4 heteroatoms. The highest BCUT2D eigenvalue weighted by atomic mass is 16.4. The second kappa shape index (κ2) is 8.45. The lowest BCUT2D eigenvalue weighted by molar-refractivity contribution is -0.147. The van der Waals surface area contributed by atoms with Gasteiger partial charge < -0.3 is 10.4 Å². The smallest absolute Gasteiger partial charge is 0.307 e. The first-order chi connectivity index (χ1) is 10.0. The molecular formula is C17H25NO3. The van der Waals surface area contributed by atoms with Gasteiger partial charge in [-0.2, -0.15) is 0 Å². The van der Waals surface area contributed by atoms with Crippen LogP contribution >= 0.6 is 0 Å². The summed E-state index contributed by atoms with van der Waals surface area (Å²) in [6, 6.07) is 9.98. The summed E-state index contributed by atoms with van der Waals surface area (Å²) in [7, 11) is 1.56. The first kappa shape index (κ1) is 17.2. The molecule has 1 aromatic rings. The Morgan fingerprint density at radius 2 is 1.71 bits per heavy atom. The van der Waals surface area contributed by atoms with E-state index in [0.29, 0.717) is 12.8 Å². The normalized spacial score (nSPS) is 15.0. The van der Waals surface area contributed by atoms with Crippen molar-refractivity contribution >= 4 is 11.9 Å². The first-order valence-corrected chi connectivity index (χ1v) is 7.54. The number of carbonyl (C=O) groups is 2. The number of carboxylic acids is 1. The molecule has 0 aromatic heterocycles. The molecule has 21 heavy (non-hydrogen) atoms. The summed E-state index contributed by atoms with van der Waals surface area (Å²) in [5.41, 5.74) is 1.16. The molecule has 0 heterocycles. The molecule has 2 N–H and O–H groups in total. The minimum absolute atomic E-state index is 0.182. The van der Waals surface area contributed by atoms with Crippen LogP contribution in [-0.2, 0) is 9.59 Å². The van der Waals surface area contributed by atoms with E-state index in [2.05, 4.69) is 12.2 Å². The average molecular weight is 291 g/mol. The maximum Gasteiger partial charge on any atom is 0.307 e. The van der Waals surface area contributed by atoms with E-state index >= 15 is 0 Å². The van der Waals surface area contributed by atoms with Crippen LogP contribution < -0.4 is 5.32 Å². The minimum Gasteiger partial charge on any atom is -0.481 e. The average Bonchev–Trinajstić information content (AvgIpc) is 2.51. The van der Waals surface area contributed by atoms with E-state index in [1.165, 1.54) is 0 Å². The van der Waals surface area contributed by atoms with Crippen molar-refractivity contribution in [2.24, 2.45) is 11.8 Å². The van der Waals surface area contributed by atoms with Gasteiger partial charge in [0.05, 0.1) is 11.8 Å². The van der Waals surface area contributed by atoms with Crippen molar-refractivity contribution < 1.29 is 14.7 Å². The molecule has 0 saturated heterocycles. The second-order valence-corrected chi connectivity index (χ2v) is 5.33. The third kappa shape index (κ3) is 4.59. The molecule has 4 nitrogen and oxygen atoms in total. The van der Waals surface area contributed by atoms with E-state index in [-0.39, 0.29) is 11.8 Å². The molecule has 0 aliphatic heterocycles. The quantitative estimate of drug-likeness (QED) is 0.773. The third-order valence-corrected chi connectivity index (χ3v) is 4.13. The Labute approximate surface area is 126 Å². The van der Waals surface area contributed by atoms with E-state index < -0.39 is 17.8 Å². The van der Waals surface area contributed by atoms with Crippen LogP contribution in [0.25, 0.3) is 0 Å². The molecule has 3 atom stereocenters. The molecule has 1 aromatic carbocycles. The van der Waals surface area contributed by atoms with Crippen molar-refractivity contribution in [3.8, 4) is 0 Å². The summed E-state index contributed by atoms with van der Waals surface area (Å²) in [5, 5.41) is 12.0. The lowest BCUT2D eigenvalue weighted by Gasteiger charge is -2.26. The third-order valence-electron chi connectivity index (χ3n) is 4.13. The fraction of sp³-hybridized carbons (Fsp3) is 0.529. The Kier molecular flexibility index (Phi) is 6.92. The highest BCUT2D eigenvalue weighted by molar-refractivity contribution is 5.84. The lowest BCUT2D eigenvalue weighted by Crippen LogP contribution is -2.37. The van der Waals surface area contributed by atoms with E-state index in [1.807, 2.05) is 37.3 Å². The molecule has 3 unspecified atom stereocenters. The monoisotopic (exact) mass is 291 g/mol. The Morgan fingerprint density at radius 1 is 1.10 bits per heavy atom. The van der Waals surface area contributed by atoms with Crippen molar-refractivity contribution in [2.75, 3.05) is 7.05 Å². The van der Waals surface area contributed by atoms with Gasteiger partial charge in [-0.05, 0) is 30.7 Å². The van der Waals surface area contributed by atoms with Crippen LogP contribution in [0.3, 0.4) is 0 Å². The Balaban J connectivity index is 2.98. The van der Waals surface area contributed by atoms with Crippen LogP contribution in [0.15, 0.2) is 30.3 Å². The van der Waals surface area contributed by atoms with Gasteiger partial charge in [-0.15, -0.1) is 0 Å². The number of carbonyl (C=O) groups excluding carboxylic acids is 1. The zero-order valence-electron chi connectivity index (χ0n) is 13.0. The van der Waals surface area contributed by atoms with Gasteiger partial charge in [-0.1, -0.05) is 44.2 Å². The predicted molar refractivity (Wildman–Crippen MR) is 83.1 cm³/mol. The van der Waals surface area contributed by atoms with Crippen molar-refractivity contribution in [1.29, 1.82) is 0 Å². The highest BCUT2D eigenvalue weighted by Gasteiger charge is 2.33. The number of benzene rings is 1. The van der Waals surface area contributed by atoms with Crippen LogP contribution in [0.5, 0.6) is 0 Å². The fourth-order valence-corrected chi connectivity index (χ4v) is 2.84. The van der Waals surface area contributed by atoms with Gasteiger partial charge in [-0.25, -0.2) is 0 Å².